The summed E-state index contributed by atoms with van der Waals surface area (Å²) in [7, 11) is 0. The van der Waals surface area contributed by atoms with Gasteiger partial charge in [-0.2, -0.15) is 18.4 Å². The Balaban J connectivity index is 0.000000343. The van der Waals surface area contributed by atoms with Crippen molar-refractivity contribution >= 4 is 73.8 Å². The number of aromatic nitrogens is 1. The van der Waals surface area contributed by atoms with E-state index in [1.165, 1.54) is 16.2 Å². The Bertz CT molecular complexity index is 2820. The van der Waals surface area contributed by atoms with Gasteiger partial charge in [0.1, 0.15) is 28.4 Å². The molecule has 2 saturated heterocycles. The van der Waals surface area contributed by atoms with Crippen LogP contribution in [0, 0.1) is 40.9 Å². The average Bonchev–Trinajstić information content (AvgIpc) is 1.97. The Morgan fingerprint density at radius 3 is 1.95 bits per heavy atom. The molecule has 85 heavy (non-hydrogen) atoms. The summed E-state index contributed by atoms with van der Waals surface area (Å²) in [5.41, 5.74) is -5.16. The minimum Gasteiger partial charge on any atom is -0.493 e. The Morgan fingerprint density at radius 1 is 0.847 bits per heavy atom. The Morgan fingerprint density at radius 2 is 1.46 bits per heavy atom. The predicted molar refractivity (Wildman–Crippen MR) is 324 cm³/mol. The number of halogens is 5. The predicted octanol–water partition coefficient (Wildman–Crippen LogP) is 14.6. The molecule has 3 aromatic rings. The zero-order valence-corrected chi connectivity index (χ0v) is 53.0. The van der Waals surface area contributed by atoms with Crippen molar-refractivity contribution in [2.45, 2.75) is 213 Å². The number of carbonyl (C=O) groups excluding carboxylic acids is 5. The first-order valence-electron chi connectivity index (χ1n) is 29.4. The van der Waals surface area contributed by atoms with Gasteiger partial charge in [0.15, 0.2) is 0 Å². The van der Waals surface area contributed by atoms with Crippen LogP contribution in [0.15, 0.2) is 54.0 Å². The van der Waals surface area contributed by atoms with Crippen molar-refractivity contribution in [1.82, 2.24) is 14.8 Å². The third-order valence-electron chi connectivity index (χ3n) is 15.9. The number of hydrogen-bond acceptors (Lipinski definition) is 13. The van der Waals surface area contributed by atoms with E-state index in [4.69, 9.17) is 30.5 Å². The molecule has 21 heteroatoms. The van der Waals surface area contributed by atoms with E-state index in [1.54, 1.807) is 16.3 Å². The van der Waals surface area contributed by atoms with E-state index < -0.39 is 51.8 Å². The SMILES string of the molecule is C.CC(C)(C)OC(=O)C1(CCCBr)CC1.CC(C)(C)OC(=O)C1CC1.CCC[C@H]1N(C(=O)c2ncccc2C(F)(F)F)CCC[C@@]1(Oc1csc(C)c1)C(=O)N1CCC(C#N)(c2ccccc2OCCCC2(C(=O)O)CC2)CC1.O=C(Cl)C1CC1. The second-order valence-corrected chi connectivity index (χ2v) is 27.5. The number of alkyl halides is 4. The molecule has 470 valence electrons. The zero-order chi connectivity index (χ0) is 61.9. The molecule has 15 nitrogen and oxygen atoms in total. The van der Waals surface area contributed by atoms with Crippen molar-refractivity contribution in [3.05, 3.63) is 75.7 Å². The molecule has 2 aromatic heterocycles. The molecule has 2 atom stereocenters. The third-order valence-corrected chi connectivity index (χ3v) is 17.7. The van der Waals surface area contributed by atoms with E-state index in [-0.39, 0.29) is 97.9 Å². The van der Waals surface area contributed by atoms with Gasteiger partial charge in [-0.25, -0.2) is 0 Å². The number of esters is 2. The first-order valence-corrected chi connectivity index (χ1v) is 31.8. The summed E-state index contributed by atoms with van der Waals surface area (Å²) in [6, 6.07) is 12.7. The fourth-order valence-corrected chi connectivity index (χ4v) is 11.7. The summed E-state index contributed by atoms with van der Waals surface area (Å²) < 4.78 is 65.6. The van der Waals surface area contributed by atoms with E-state index in [0.717, 1.165) is 79.9 Å². The minimum atomic E-state index is -4.81. The fourth-order valence-electron chi connectivity index (χ4n) is 10.6. The number of hydrogen-bond donors (Lipinski definition) is 1. The Kier molecular flexibility index (Phi) is 24.6. The van der Waals surface area contributed by atoms with Crippen LogP contribution in [0.25, 0.3) is 0 Å². The van der Waals surface area contributed by atoms with Crippen LogP contribution in [0.5, 0.6) is 11.5 Å². The van der Waals surface area contributed by atoms with Crippen LogP contribution in [0.4, 0.5) is 13.2 Å². The van der Waals surface area contributed by atoms with Gasteiger partial charge in [-0.15, -0.1) is 11.3 Å². The molecule has 0 bridgehead atoms. The van der Waals surface area contributed by atoms with Crippen molar-refractivity contribution in [2.75, 3.05) is 31.6 Å². The quantitative estimate of drug-likeness (QED) is 0.0514. The van der Waals surface area contributed by atoms with Crippen LogP contribution in [-0.2, 0) is 45.0 Å². The lowest BCUT2D eigenvalue weighted by atomic mass is 9.72. The van der Waals surface area contributed by atoms with Gasteiger partial charge in [-0.3, -0.25) is 33.8 Å². The van der Waals surface area contributed by atoms with Crippen molar-refractivity contribution in [1.29, 1.82) is 5.26 Å². The number of piperidine rings is 2. The largest absolute Gasteiger partial charge is 0.493 e. The summed E-state index contributed by atoms with van der Waals surface area (Å²) in [5.74, 6) is -0.628. The number of amides is 2. The number of nitrogens with zero attached hydrogens (tertiary/aromatic N) is 4. The molecule has 2 aliphatic heterocycles. The van der Waals surface area contributed by atoms with E-state index in [1.807, 2.05) is 79.7 Å². The number of para-hydroxylation sites is 1. The van der Waals surface area contributed by atoms with Crippen molar-refractivity contribution in [3.8, 4) is 17.6 Å². The molecule has 0 unspecified atom stereocenters. The van der Waals surface area contributed by atoms with Crippen LogP contribution in [-0.4, -0.2) is 109 Å². The normalized spacial score (nSPS) is 20.7. The van der Waals surface area contributed by atoms with Crippen molar-refractivity contribution in [3.63, 3.8) is 0 Å². The lowest BCUT2D eigenvalue weighted by molar-refractivity contribution is -0.162. The molecule has 6 aliphatic rings. The summed E-state index contributed by atoms with van der Waals surface area (Å²) in [5, 5.41) is 22.8. The van der Waals surface area contributed by atoms with Crippen LogP contribution < -0.4 is 9.47 Å². The molecule has 0 spiro atoms. The van der Waals surface area contributed by atoms with Crippen molar-refractivity contribution in [2.24, 2.45) is 22.7 Å². The maximum atomic E-state index is 15.0. The Labute approximate surface area is 517 Å². The highest BCUT2D eigenvalue weighted by Crippen LogP contribution is 2.52. The number of nitriles is 1. The number of carboxylic acid groups (broad SMARTS) is 1. The standard InChI is InChI=1S/C40H45F3N4O6S.C11H19BrO2.C8H14O2.C4H5ClO.CH4/c1-3-9-32-39(53-28-24-27(2)54-25-28,14-7-20-47(32)34(48)33-30(40(41,42)43)11-6-19-45-33)35(49)46-21-17-38(26-44,18-22-46)29-10-4-5-12-31(29)52-23-8-13-37(15-16-37)36(50)51;1-10(2,3)14-9(13)11(6-7-11)5-4-8-12;1-8(2,3)10-7(9)6-4-5-6;5-4(6)3-1-2-3;/h4-6,10-12,19,24-25,32H,3,7-9,13-18,20-23H2,1-2H3,(H,50,51);4-8H2,1-3H3;6H,4-5H2,1-3H3;3H,1-2H2;1H4/t32-,39+;;;;/m1..../s1. The summed E-state index contributed by atoms with van der Waals surface area (Å²) in [6.45, 7) is 16.1. The third kappa shape index (κ3) is 19.4. The number of rotatable bonds is 19. The van der Waals surface area contributed by atoms with Crippen LogP contribution in [0.2, 0.25) is 0 Å². The molecule has 4 aliphatic carbocycles. The summed E-state index contributed by atoms with van der Waals surface area (Å²) in [4.78, 5) is 81.4. The molecule has 0 radical (unpaired) electrons. The van der Waals surface area contributed by atoms with E-state index >= 15 is 4.79 Å². The van der Waals surface area contributed by atoms with Gasteiger partial charge in [0.05, 0.1) is 46.4 Å². The van der Waals surface area contributed by atoms with Gasteiger partial charge in [-0.05, 0) is 187 Å². The second-order valence-electron chi connectivity index (χ2n) is 25.2. The van der Waals surface area contributed by atoms with E-state index in [2.05, 4.69) is 27.0 Å². The smallest absolute Gasteiger partial charge is 0.418 e. The molecule has 4 saturated carbocycles. The number of aliphatic carboxylic acids is 1. The molecule has 4 heterocycles. The average molecular weight is 1290 g/mol. The monoisotopic (exact) mass is 1290 g/mol. The van der Waals surface area contributed by atoms with Gasteiger partial charge in [0.25, 0.3) is 11.8 Å². The van der Waals surface area contributed by atoms with Gasteiger partial charge < -0.3 is 33.9 Å². The molecule has 2 amide bonds. The second kappa shape index (κ2) is 29.6. The molecule has 9 rings (SSSR count). The van der Waals surface area contributed by atoms with Gasteiger partial charge >= 0.3 is 24.1 Å². The lowest BCUT2D eigenvalue weighted by Gasteiger charge is -2.51. The first kappa shape index (κ1) is 70.5. The zero-order valence-electron chi connectivity index (χ0n) is 49.8. The molecule has 1 aromatic carbocycles. The Hall–Kier alpha value is -5.26. The number of carbonyl (C=O) groups is 6. The summed E-state index contributed by atoms with van der Waals surface area (Å²) >= 11 is 9.86. The highest BCUT2D eigenvalue weighted by molar-refractivity contribution is 9.09. The van der Waals surface area contributed by atoms with Gasteiger partial charge in [0, 0.05) is 59.3 Å². The van der Waals surface area contributed by atoms with Gasteiger partial charge in [0.2, 0.25) is 10.8 Å². The maximum absolute atomic E-state index is 15.0. The molecule has 1 N–H and O–H groups in total. The number of carboxylic acids is 1. The number of benzene rings is 1. The van der Waals surface area contributed by atoms with Crippen LogP contribution >= 0.6 is 38.9 Å². The molecular formula is C64H87BrClF3N4O11S. The number of likely N-dealkylation sites (tertiary alicyclic amines) is 2. The van der Waals surface area contributed by atoms with Crippen LogP contribution in [0.1, 0.15) is 198 Å². The van der Waals surface area contributed by atoms with Crippen molar-refractivity contribution < 1.29 is 66.0 Å². The number of pyridine rings is 1. The number of thiophene rings is 1. The molecular weight excluding hydrogens is 1210 g/mol. The highest BCUT2D eigenvalue weighted by atomic mass is 79.9. The first-order chi connectivity index (χ1) is 39.5. The van der Waals surface area contributed by atoms with E-state index in [9.17, 15) is 47.5 Å². The number of ether oxygens (including phenoxy) is 4. The topological polar surface area (TPSA) is 203 Å². The molecule has 6 fully saturated rings. The highest BCUT2D eigenvalue weighted by Gasteiger charge is 2.57. The minimum absolute atomic E-state index is 0. The maximum Gasteiger partial charge on any atom is 0.418 e. The number of aryl methyl sites for hydroxylation is 1. The van der Waals surface area contributed by atoms with Gasteiger partial charge in [-0.1, -0.05) is 54.9 Å². The summed E-state index contributed by atoms with van der Waals surface area (Å²) in [6.07, 6.45) is 8.82. The van der Waals surface area contributed by atoms with E-state index in [0.29, 0.717) is 68.6 Å². The van der Waals surface area contributed by atoms with Crippen LogP contribution in [0.3, 0.4) is 0 Å². The lowest BCUT2D eigenvalue weighted by Crippen LogP contribution is -2.68. The fraction of sp³-hybridized carbons (Fsp3) is 0.656.